The minimum atomic E-state index is -1.31. The molecule has 0 fully saturated rings. The molecule has 0 spiro atoms. The summed E-state index contributed by atoms with van der Waals surface area (Å²) in [6.07, 6.45) is 0. The molecule has 0 aliphatic rings. The van der Waals surface area contributed by atoms with Crippen molar-refractivity contribution in [2.45, 2.75) is 31.6 Å². The van der Waals surface area contributed by atoms with Gasteiger partial charge in [-0.2, -0.15) is 0 Å². The lowest BCUT2D eigenvalue weighted by molar-refractivity contribution is 0.613. The quantitative estimate of drug-likeness (QED) is 0.847. The Morgan fingerprint density at radius 3 is 2.36 bits per heavy atom. The average molecular weight is 320 g/mol. The Bertz CT molecular complexity index is 668. The van der Waals surface area contributed by atoms with Gasteiger partial charge < -0.3 is 5.73 Å². The van der Waals surface area contributed by atoms with Crippen LogP contribution in [0.25, 0.3) is 0 Å². The summed E-state index contributed by atoms with van der Waals surface area (Å²) in [6.45, 7) is 5.65. The number of anilines is 1. The first-order chi connectivity index (χ1) is 10.3. The predicted molar refractivity (Wildman–Crippen MR) is 90.1 cm³/mol. The number of nitrogen functional groups attached to an aromatic ring is 1. The lowest BCUT2D eigenvalue weighted by Gasteiger charge is -2.25. The summed E-state index contributed by atoms with van der Waals surface area (Å²) in [5.41, 5.74) is 7.95. The van der Waals surface area contributed by atoms with Gasteiger partial charge in [0.1, 0.15) is 5.82 Å². The van der Waals surface area contributed by atoms with Gasteiger partial charge >= 0.3 is 0 Å². The molecule has 3 nitrogen and oxygen atoms in total. The van der Waals surface area contributed by atoms with Crippen molar-refractivity contribution in [2.75, 3.05) is 5.73 Å². The molecule has 3 N–H and O–H groups in total. The molecule has 22 heavy (non-hydrogen) atoms. The van der Waals surface area contributed by atoms with Crippen molar-refractivity contribution < 1.29 is 8.60 Å². The van der Waals surface area contributed by atoms with Crippen LogP contribution in [0.5, 0.6) is 0 Å². The van der Waals surface area contributed by atoms with Crippen LogP contribution in [0.15, 0.2) is 48.5 Å². The van der Waals surface area contributed by atoms with Crippen LogP contribution in [0.3, 0.4) is 0 Å². The van der Waals surface area contributed by atoms with Crippen LogP contribution in [-0.4, -0.2) is 8.96 Å². The Morgan fingerprint density at radius 2 is 1.77 bits per heavy atom. The number of benzene rings is 2. The lowest BCUT2D eigenvalue weighted by atomic mass is 9.98. The maximum atomic E-state index is 13.6. The molecular weight excluding hydrogens is 299 g/mol. The van der Waals surface area contributed by atoms with Crippen LogP contribution in [0, 0.1) is 5.82 Å². The molecule has 0 radical (unpaired) electrons. The number of halogens is 1. The van der Waals surface area contributed by atoms with Gasteiger partial charge in [-0.3, -0.25) is 0 Å². The Labute approximate surface area is 133 Å². The summed E-state index contributed by atoms with van der Waals surface area (Å²) < 4.78 is 28.8. The third-order valence-corrected chi connectivity index (χ3v) is 4.84. The predicted octanol–water partition coefficient (Wildman–Crippen LogP) is 3.55. The van der Waals surface area contributed by atoms with E-state index in [1.807, 2.05) is 51.1 Å². The topological polar surface area (TPSA) is 55.1 Å². The monoisotopic (exact) mass is 320 g/mol. The number of nitrogens with one attached hydrogen (secondary N) is 1. The summed E-state index contributed by atoms with van der Waals surface area (Å²) in [5, 5.41) is 0. The molecule has 0 heterocycles. The van der Waals surface area contributed by atoms with Gasteiger partial charge in [-0.15, -0.1) is 0 Å². The van der Waals surface area contributed by atoms with Gasteiger partial charge in [0.15, 0.2) is 0 Å². The molecule has 0 aromatic heterocycles. The fourth-order valence-corrected chi connectivity index (χ4v) is 2.87. The van der Waals surface area contributed by atoms with Crippen molar-refractivity contribution >= 4 is 16.7 Å². The zero-order valence-electron chi connectivity index (χ0n) is 13.0. The number of nitrogens with two attached hydrogens (primary N) is 1. The molecule has 2 aromatic carbocycles. The normalized spacial score (nSPS) is 14.5. The molecule has 5 heteroatoms. The molecule has 2 atom stereocenters. The van der Waals surface area contributed by atoms with Crippen molar-refractivity contribution in [1.29, 1.82) is 0 Å². The SMILES string of the molecule is CC(C)(C)[S@@](=O)N[C@H](c1ccccc1)c1cc(F)ccc1N. The first-order valence-electron chi connectivity index (χ1n) is 7.07. The van der Waals surface area contributed by atoms with E-state index in [0.717, 1.165) is 5.56 Å². The number of hydrogen-bond acceptors (Lipinski definition) is 2. The van der Waals surface area contributed by atoms with Gasteiger partial charge in [0.2, 0.25) is 0 Å². The van der Waals surface area contributed by atoms with Crippen LogP contribution in [0.2, 0.25) is 0 Å². The molecule has 2 rings (SSSR count). The smallest absolute Gasteiger partial charge is 0.123 e. The molecule has 0 amide bonds. The number of rotatable bonds is 4. The molecule has 0 bridgehead atoms. The van der Waals surface area contributed by atoms with Crippen LogP contribution in [0.1, 0.15) is 37.9 Å². The Balaban J connectivity index is 2.47. The van der Waals surface area contributed by atoms with E-state index >= 15 is 0 Å². The molecule has 0 unspecified atom stereocenters. The summed E-state index contributed by atoms with van der Waals surface area (Å²) >= 11 is 0. The number of hydrogen-bond donors (Lipinski definition) is 2. The highest BCUT2D eigenvalue weighted by molar-refractivity contribution is 7.84. The molecule has 0 aliphatic carbocycles. The lowest BCUT2D eigenvalue weighted by Crippen LogP contribution is -2.36. The van der Waals surface area contributed by atoms with Crippen LogP contribution in [-0.2, 0) is 11.0 Å². The highest BCUT2D eigenvalue weighted by Crippen LogP contribution is 2.29. The van der Waals surface area contributed by atoms with Crippen molar-refractivity contribution in [3.8, 4) is 0 Å². The van der Waals surface area contributed by atoms with Crippen molar-refractivity contribution in [3.63, 3.8) is 0 Å². The molecule has 2 aromatic rings. The van der Waals surface area contributed by atoms with Crippen molar-refractivity contribution in [1.82, 2.24) is 4.72 Å². The highest BCUT2D eigenvalue weighted by Gasteiger charge is 2.25. The second-order valence-corrected chi connectivity index (χ2v) is 8.11. The molecular formula is C17H21FN2OS. The van der Waals surface area contributed by atoms with Crippen LogP contribution in [0.4, 0.5) is 10.1 Å². The van der Waals surface area contributed by atoms with E-state index < -0.39 is 21.8 Å². The van der Waals surface area contributed by atoms with Gasteiger partial charge in [-0.05, 0) is 44.5 Å². The van der Waals surface area contributed by atoms with Gasteiger partial charge in [0.05, 0.1) is 21.8 Å². The van der Waals surface area contributed by atoms with E-state index in [9.17, 15) is 8.60 Å². The van der Waals surface area contributed by atoms with Gasteiger partial charge in [0.25, 0.3) is 0 Å². The Morgan fingerprint density at radius 1 is 1.14 bits per heavy atom. The van der Waals surface area contributed by atoms with E-state index in [4.69, 9.17) is 5.73 Å². The Kier molecular flexibility index (Phi) is 4.98. The summed E-state index contributed by atoms with van der Waals surface area (Å²) in [5.74, 6) is -0.367. The van der Waals surface area contributed by atoms with Crippen LogP contribution >= 0.6 is 0 Å². The summed E-state index contributed by atoms with van der Waals surface area (Å²) in [7, 11) is -1.31. The van der Waals surface area contributed by atoms with Crippen molar-refractivity contribution in [3.05, 3.63) is 65.5 Å². The standard InChI is InChI=1S/C17H21FN2OS/c1-17(2,3)22(21)20-16(12-7-5-4-6-8-12)14-11-13(18)9-10-15(14)19/h4-11,16,20H,19H2,1-3H3/t16-,22-/m1/s1. The fraction of sp³-hybridized carbons (Fsp3) is 0.294. The maximum Gasteiger partial charge on any atom is 0.123 e. The first kappa shape index (κ1) is 16.6. The van der Waals surface area contributed by atoms with Crippen molar-refractivity contribution in [2.24, 2.45) is 0 Å². The van der Waals surface area contributed by atoms with E-state index in [1.165, 1.54) is 18.2 Å². The third-order valence-electron chi connectivity index (χ3n) is 3.27. The van der Waals surface area contributed by atoms with Gasteiger partial charge in [-0.25, -0.2) is 13.3 Å². The molecule has 118 valence electrons. The van der Waals surface area contributed by atoms with E-state index in [1.54, 1.807) is 0 Å². The molecule has 0 aliphatic heterocycles. The zero-order chi connectivity index (χ0) is 16.3. The second-order valence-electron chi connectivity index (χ2n) is 6.12. The second kappa shape index (κ2) is 6.58. The molecule has 0 saturated carbocycles. The minimum Gasteiger partial charge on any atom is -0.398 e. The van der Waals surface area contributed by atoms with Gasteiger partial charge in [0, 0.05) is 11.3 Å². The fourth-order valence-electron chi connectivity index (χ4n) is 2.04. The zero-order valence-corrected chi connectivity index (χ0v) is 13.8. The largest absolute Gasteiger partial charge is 0.398 e. The average Bonchev–Trinajstić information content (AvgIpc) is 2.47. The third kappa shape index (κ3) is 3.93. The van der Waals surface area contributed by atoms with E-state index in [-0.39, 0.29) is 5.82 Å². The highest BCUT2D eigenvalue weighted by atomic mass is 32.2. The summed E-state index contributed by atoms with van der Waals surface area (Å²) in [4.78, 5) is 0. The molecule has 0 saturated heterocycles. The minimum absolute atomic E-state index is 0.367. The summed E-state index contributed by atoms with van der Waals surface area (Å²) in [6, 6.07) is 13.3. The first-order valence-corrected chi connectivity index (χ1v) is 8.22. The Hall–Kier alpha value is -1.72. The van der Waals surface area contributed by atoms with Gasteiger partial charge in [-0.1, -0.05) is 30.3 Å². The van der Waals surface area contributed by atoms with Crippen LogP contribution < -0.4 is 10.5 Å². The van der Waals surface area contributed by atoms with E-state index in [2.05, 4.69) is 4.72 Å². The maximum absolute atomic E-state index is 13.6. The van der Waals surface area contributed by atoms with E-state index in [0.29, 0.717) is 11.3 Å².